The van der Waals surface area contributed by atoms with Crippen molar-refractivity contribution < 1.29 is 28.8 Å². The maximum atomic E-state index is 9.02. The number of ether oxygens (including phenoxy) is 5. The van der Waals surface area contributed by atoms with Crippen LogP contribution in [0, 0.1) is 6.92 Å². The van der Waals surface area contributed by atoms with E-state index in [-0.39, 0.29) is 13.4 Å². The Hall–Kier alpha value is -3.42. The zero-order valence-corrected chi connectivity index (χ0v) is 19.1. The van der Waals surface area contributed by atoms with Crippen molar-refractivity contribution in [2.45, 2.75) is 20.1 Å². The van der Waals surface area contributed by atoms with Gasteiger partial charge in [0.2, 0.25) is 6.79 Å². The van der Waals surface area contributed by atoms with E-state index in [0.29, 0.717) is 36.9 Å². The van der Waals surface area contributed by atoms with Crippen molar-refractivity contribution in [3.63, 3.8) is 0 Å². The van der Waals surface area contributed by atoms with E-state index in [4.69, 9.17) is 28.8 Å². The molecule has 0 spiro atoms. The van der Waals surface area contributed by atoms with E-state index < -0.39 is 0 Å². The summed E-state index contributed by atoms with van der Waals surface area (Å²) < 4.78 is 28.2. The van der Waals surface area contributed by atoms with E-state index in [0.717, 1.165) is 39.3 Å². The maximum absolute atomic E-state index is 9.02. The van der Waals surface area contributed by atoms with Gasteiger partial charge in [-0.05, 0) is 41.3 Å². The third-order valence-electron chi connectivity index (χ3n) is 5.70. The van der Waals surface area contributed by atoms with Gasteiger partial charge in [-0.3, -0.25) is 0 Å². The molecule has 0 amide bonds. The van der Waals surface area contributed by atoms with Crippen molar-refractivity contribution in [3.8, 4) is 39.9 Å². The lowest BCUT2D eigenvalue weighted by Gasteiger charge is -2.17. The quantitative estimate of drug-likeness (QED) is 0.450. The number of fused-ring (bicyclic) bond motifs is 1. The first-order chi connectivity index (χ1) is 16.1. The van der Waals surface area contributed by atoms with Gasteiger partial charge in [-0.25, -0.2) is 0 Å². The molecule has 2 N–H and O–H groups in total. The van der Waals surface area contributed by atoms with Gasteiger partial charge >= 0.3 is 0 Å². The molecule has 1 aliphatic rings. The number of rotatable bonds is 10. The van der Waals surface area contributed by atoms with Gasteiger partial charge in [0.15, 0.2) is 11.5 Å². The van der Waals surface area contributed by atoms with Crippen LogP contribution in [0.5, 0.6) is 28.7 Å². The van der Waals surface area contributed by atoms with Crippen LogP contribution < -0.4 is 29.0 Å². The Morgan fingerprint density at radius 1 is 0.970 bits per heavy atom. The first-order valence-corrected chi connectivity index (χ1v) is 10.8. The van der Waals surface area contributed by atoms with Crippen molar-refractivity contribution in [2.75, 3.05) is 34.2 Å². The summed E-state index contributed by atoms with van der Waals surface area (Å²) >= 11 is 0. The molecule has 4 rings (SSSR count). The molecule has 0 unspecified atom stereocenters. The summed E-state index contributed by atoms with van der Waals surface area (Å²) in [7, 11) is 3.24. The summed E-state index contributed by atoms with van der Waals surface area (Å²) in [6.45, 7) is 3.83. The van der Waals surface area contributed by atoms with Crippen LogP contribution in [0.25, 0.3) is 11.1 Å². The molecule has 1 heterocycles. The summed E-state index contributed by atoms with van der Waals surface area (Å²) in [6, 6.07) is 15.9. The zero-order chi connectivity index (χ0) is 23.2. The third kappa shape index (κ3) is 4.99. The van der Waals surface area contributed by atoms with Gasteiger partial charge in [-0.2, -0.15) is 0 Å². The van der Waals surface area contributed by atoms with Gasteiger partial charge in [-0.15, -0.1) is 0 Å². The highest BCUT2D eigenvalue weighted by molar-refractivity contribution is 5.71. The first-order valence-electron chi connectivity index (χ1n) is 10.8. The van der Waals surface area contributed by atoms with Gasteiger partial charge in [0.25, 0.3) is 0 Å². The number of nitrogens with one attached hydrogen (secondary N) is 1. The second kappa shape index (κ2) is 10.5. The molecule has 0 saturated heterocycles. The molecule has 0 radical (unpaired) electrons. The minimum absolute atomic E-state index is 0.0660. The van der Waals surface area contributed by atoms with Crippen LogP contribution in [0.2, 0.25) is 0 Å². The van der Waals surface area contributed by atoms with E-state index in [9.17, 15) is 0 Å². The monoisotopic (exact) mass is 451 g/mol. The molecule has 0 atom stereocenters. The fourth-order valence-corrected chi connectivity index (χ4v) is 3.89. The topological polar surface area (TPSA) is 78.4 Å². The van der Waals surface area contributed by atoms with Gasteiger partial charge in [0, 0.05) is 25.2 Å². The highest BCUT2D eigenvalue weighted by Crippen LogP contribution is 2.38. The molecule has 0 saturated carbocycles. The predicted molar refractivity (Wildman–Crippen MR) is 125 cm³/mol. The minimum Gasteiger partial charge on any atom is -0.496 e. The Labute approximate surface area is 193 Å². The second-order valence-electron chi connectivity index (χ2n) is 7.65. The smallest absolute Gasteiger partial charge is 0.231 e. The third-order valence-corrected chi connectivity index (χ3v) is 5.70. The highest BCUT2D eigenvalue weighted by atomic mass is 16.7. The van der Waals surface area contributed by atoms with Gasteiger partial charge in [0.05, 0.1) is 26.4 Å². The Morgan fingerprint density at radius 2 is 1.73 bits per heavy atom. The molecule has 0 aliphatic carbocycles. The van der Waals surface area contributed by atoms with Crippen molar-refractivity contribution in [1.29, 1.82) is 0 Å². The van der Waals surface area contributed by atoms with Crippen LogP contribution >= 0.6 is 0 Å². The summed E-state index contributed by atoms with van der Waals surface area (Å²) in [5.74, 6) is 3.53. The van der Waals surface area contributed by atoms with Crippen LogP contribution in [0.4, 0.5) is 0 Å². The van der Waals surface area contributed by atoms with Crippen molar-refractivity contribution in [2.24, 2.45) is 0 Å². The average Bonchev–Trinajstić information content (AvgIpc) is 3.31. The average molecular weight is 452 g/mol. The zero-order valence-electron chi connectivity index (χ0n) is 19.1. The predicted octanol–water partition coefficient (Wildman–Crippen LogP) is 4.07. The Kier molecular flexibility index (Phi) is 7.22. The molecule has 174 valence electrons. The van der Waals surface area contributed by atoms with E-state index in [1.807, 2.05) is 36.4 Å². The SMILES string of the molecule is COc1cc(OCc2cccc(-c3ccc4c(c3)OCO4)c2C)cc(OC)c1CNCCO. The molecule has 7 heteroatoms. The lowest BCUT2D eigenvalue weighted by molar-refractivity contribution is 0.174. The standard InChI is InChI=1S/C26H29NO6/c1-17-19(5-4-6-21(17)18-7-8-23-26(11-18)33-16-32-23)15-31-20-12-24(29-2)22(14-27-9-10-28)25(13-20)30-3/h4-8,11-13,27-28H,9-10,14-16H2,1-3H3. The lowest BCUT2D eigenvalue weighted by atomic mass is 9.96. The summed E-state index contributed by atoms with van der Waals surface area (Å²) in [5, 5.41) is 12.2. The molecular weight excluding hydrogens is 422 g/mol. The van der Waals surface area contributed by atoms with Gasteiger partial charge in [0.1, 0.15) is 23.9 Å². The van der Waals surface area contributed by atoms with Crippen molar-refractivity contribution >= 4 is 0 Å². The van der Waals surface area contributed by atoms with Crippen molar-refractivity contribution in [3.05, 3.63) is 65.2 Å². The minimum atomic E-state index is 0.0660. The number of aliphatic hydroxyl groups is 1. The Bertz CT molecular complexity index is 1090. The molecule has 3 aromatic carbocycles. The van der Waals surface area contributed by atoms with Crippen LogP contribution in [0.3, 0.4) is 0 Å². The number of methoxy groups -OCH3 is 2. The number of hydrogen-bond donors (Lipinski definition) is 2. The van der Waals surface area contributed by atoms with E-state index in [2.05, 4.69) is 24.4 Å². The van der Waals surface area contributed by atoms with Crippen LogP contribution in [-0.2, 0) is 13.2 Å². The molecule has 0 aromatic heterocycles. The normalized spacial score (nSPS) is 12.0. The molecule has 33 heavy (non-hydrogen) atoms. The molecule has 1 aliphatic heterocycles. The van der Waals surface area contributed by atoms with E-state index >= 15 is 0 Å². The van der Waals surface area contributed by atoms with Crippen LogP contribution in [0.15, 0.2) is 48.5 Å². The highest BCUT2D eigenvalue weighted by Gasteiger charge is 2.16. The number of aliphatic hydroxyl groups excluding tert-OH is 1. The van der Waals surface area contributed by atoms with Crippen LogP contribution in [0.1, 0.15) is 16.7 Å². The van der Waals surface area contributed by atoms with Gasteiger partial charge < -0.3 is 34.1 Å². The van der Waals surface area contributed by atoms with E-state index in [1.54, 1.807) is 14.2 Å². The van der Waals surface area contributed by atoms with Crippen LogP contribution in [-0.4, -0.2) is 39.3 Å². The summed E-state index contributed by atoms with van der Waals surface area (Å²) in [5.41, 5.74) is 5.29. The molecule has 0 bridgehead atoms. The fraction of sp³-hybridized carbons (Fsp3) is 0.308. The number of hydrogen-bond acceptors (Lipinski definition) is 7. The molecular formula is C26H29NO6. The number of benzene rings is 3. The maximum Gasteiger partial charge on any atom is 0.231 e. The lowest BCUT2D eigenvalue weighted by Crippen LogP contribution is -2.18. The molecule has 3 aromatic rings. The van der Waals surface area contributed by atoms with E-state index in [1.165, 1.54) is 0 Å². The summed E-state index contributed by atoms with van der Waals surface area (Å²) in [6.07, 6.45) is 0. The molecule has 0 fully saturated rings. The molecule has 7 nitrogen and oxygen atoms in total. The van der Waals surface area contributed by atoms with Gasteiger partial charge in [-0.1, -0.05) is 24.3 Å². The summed E-state index contributed by atoms with van der Waals surface area (Å²) in [4.78, 5) is 0. The second-order valence-corrected chi connectivity index (χ2v) is 7.65. The largest absolute Gasteiger partial charge is 0.496 e. The fourth-order valence-electron chi connectivity index (χ4n) is 3.89. The first kappa shape index (κ1) is 22.8. The Balaban J connectivity index is 1.54. The Morgan fingerprint density at radius 3 is 2.45 bits per heavy atom. The van der Waals surface area contributed by atoms with Crippen molar-refractivity contribution in [1.82, 2.24) is 5.32 Å².